The fraction of sp³-hybridized carbons (Fsp3) is 0.278. The van der Waals surface area contributed by atoms with Crippen molar-refractivity contribution in [3.63, 3.8) is 0 Å². The number of hydrogen-bond acceptors (Lipinski definition) is 5. The van der Waals surface area contributed by atoms with Crippen LogP contribution in [0.25, 0.3) is 0 Å². The van der Waals surface area contributed by atoms with Gasteiger partial charge in [-0.2, -0.15) is 4.31 Å². The molecule has 0 N–H and O–H groups in total. The molecule has 0 bridgehead atoms. The highest BCUT2D eigenvalue weighted by molar-refractivity contribution is 7.90. The van der Waals surface area contributed by atoms with Crippen molar-refractivity contribution in [3.8, 4) is 0 Å². The van der Waals surface area contributed by atoms with Gasteiger partial charge in [0.2, 0.25) is 10.0 Å². The van der Waals surface area contributed by atoms with Crippen LogP contribution in [0.5, 0.6) is 0 Å². The van der Waals surface area contributed by atoms with E-state index in [0.717, 1.165) is 6.26 Å². The van der Waals surface area contributed by atoms with Crippen molar-refractivity contribution in [2.45, 2.75) is 9.79 Å². The molecule has 144 valence electrons. The maximum absolute atomic E-state index is 12.6. The number of sulfone groups is 1. The number of sulfonamides is 1. The average Bonchev–Trinajstić information content (AvgIpc) is 2.67. The molecular formula is C18H20N2O5S2. The quantitative estimate of drug-likeness (QED) is 0.759. The predicted molar refractivity (Wildman–Crippen MR) is 101 cm³/mol. The number of carbonyl (C=O) groups is 1. The highest BCUT2D eigenvalue weighted by atomic mass is 32.2. The van der Waals surface area contributed by atoms with Gasteiger partial charge in [-0.3, -0.25) is 4.79 Å². The molecular weight excluding hydrogens is 388 g/mol. The van der Waals surface area contributed by atoms with E-state index < -0.39 is 19.9 Å². The molecule has 1 fully saturated rings. The average molecular weight is 409 g/mol. The normalized spacial score (nSPS) is 16.3. The van der Waals surface area contributed by atoms with Gasteiger partial charge in [-0.05, 0) is 36.4 Å². The zero-order chi connectivity index (χ0) is 19.7. The van der Waals surface area contributed by atoms with Crippen LogP contribution in [0.1, 0.15) is 10.4 Å². The summed E-state index contributed by atoms with van der Waals surface area (Å²) in [6, 6.07) is 14.0. The number of rotatable bonds is 4. The van der Waals surface area contributed by atoms with Gasteiger partial charge in [0.05, 0.1) is 9.79 Å². The molecule has 0 atom stereocenters. The summed E-state index contributed by atoms with van der Waals surface area (Å²) in [7, 11) is -6.89. The van der Waals surface area contributed by atoms with Crippen molar-refractivity contribution in [1.29, 1.82) is 0 Å². The summed E-state index contributed by atoms with van der Waals surface area (Å²) in [5, 5.41) is 0. The van der Waals surface area contributed by atoms with Crippen molar-refractivity contribution in [2.24, 2.45) is 0 Å². The second kappa shape index (κ2) is 7.41. The van der Waals surface area contributed by atoms with E-state index in [1.54, 1.807) is 35.2 Å². The second-order valence-electron chi connectivity index (χ2n) is 6.31. The molecule has 0 radical (unpaired) electrons. The van der Waals surface area contributed by atoms with Crippen molar-refractivity contribution < 1.29 is 21.6 Å². The van der Waals surface area contributed by atoms with Crippen LogP contribution in [0.4, 0.5) is 0 Å². The lowest BCUT2D eigenvalue weighted by Crippen LogP contribution is -2.50. The summed E-state index contributed by atoms with van der Waals surface area (Å²) in [6.45, 7) is 0.978. The maximum atomic E-state index is 12.6. The van der Waals surface area contributed by atoms with Gasteiger partial charge in [0.15, 0.2) is 9.84 Å². The van der Waals surface area contributed by atoms with E-state index in [1.165, 1.54) is 28.6 Å². The van der Waals surface area contributed by atoms with Crippen LogP contribution in [0.3, 0.4) is 0 Å². The number of benzene rings is 2. The number of piperazine rings is 1. The van der Waals surface area contributed by atoms with E-state index in [4.69, 9.17) is 0 Å². The lowest BCUT2D eigenvalue weighted by molar-refractivity contribution is 0.0698. The SMILES string of the molecule is CS(=O)(=O)c1ccc(C(=O)N2CCN(S(=O)(=O)c3ccccc3)CC2)cc1. The van der Waals surface area contributed by atoms with E-state index in [1.807, 2.05) is 0 Å². The first kappa shape index (κ1) is 19.5. The smallest absolute Gasteiger partial charge is 0.253 e. The Kier molecular flexibility index (Phi) is 5.36. The first-order chi connectivity index (χ1) is 12.7. The molecule has 1 heterocycles. The molecule has 1 aliphatic heterocycles. The van der Waals surface area contributed by atoms with E-state index in [9.17, 15) is 21.6 Å². The lowest BCUT2D eigenvalue weighted by atomic mass is 10.2. The standard InChI is InChI=1S/C18H20N2O5S2/c1-26(22,23)16-9-7-15(8-10-16)18(21)19-11-13-20(14-12-19)27(24,25)17-5-3-2-4-6-17/h2-10H,11-14H2,1H3. The van der Waals surface area contributed by atoms with Gasteiger partial charge in [0, 0.05) is 38.0 Å². The maximum Gasteiger partial charge on any atom is 0.253 e. The topological polar surface area (TPSA) is 91.8 Å². The molecule has 2 aromatic carbocycles. The highest BCUT2D eigenvalue weighted by Gasteiger charge is 2.30. The molecule has 2 aromatic rings. The van der Waals surface area contributed by atoms with Gasteiger partial charge < -0.3 is 4.90 Å². The van der Waals surface area contributed by atoms with Gasteiger partial charge in [0.25, 0.3) is 5.91 Å². The van der Waals surface area contributed by atoms with Gasteiger partial charge in [-0.15, -0.1) is 0 Å². The van der Waals surface area contributed by atoms with Crippen LogP contribution >= 0.6 is 0 Å². The van der Waals surface area contributed by atoms with E-state index in [2.05, 4.69) is 0 Å². The Balaban J connectivity index is 1.68. The molecule has 0 aliphatic carbocycles. The van der Waals surface area contributed by atoms with Gasteiger partial charge in [-0.1, -0.05) is 18.2 Å². The van der Waals surface area contributed by atoms with Gasteiger partial charge in [0.1, 0.15) is 0 Å². The molecule has 0 unspecified atom stereocenters. The van der Waals surface area contributed by atoms with Gasteiger partial charge in [-0.25, -0.2) is 16.8 Å². The molecule has 0 aromatic heterocycles. The Bertz CT molecular complexity index is 1020. The van der Waals surface area contributed by atoms with Crippen LogP contribution in [0.15, 0.2) is 64.4 Å². The third-order valence-electron chi connectivity index (χ3n) is 4.44. The summed E-state index contributed by atoms with van der Waals surface area (Å²) < 4.78 is 49.6. The van der Waals surface area contributed by atoms with Crippen LogP contribution in [0, 0.1) is 0 Å². The first-order valence-electron chi connectivity index (χ1n) is 8.34. The van der Waals surface area contributed by atoms with Crippen molar-refractivity contribution in [2.75, 3.05) is 32.4 Å². The van der Waals surface area contributed by atoms with Crippen LogP contribution in [0.2, 0.25) is 0 Å². The van der Waals surface area contributed by atoms with E-state index in [-0.39, 0.29) is 41.9 Å². The number of nitrogens with zero attached hydrogens (tertiary/aromatic N) is 2. The molecule has 7 nitrogen and oxygen atoms in total. The monoisotopic (exact) mass is 408 g/mol. The highest BCUT2D eigenvalue weighted by Crippen LogP contribution is 2.19. The number of carbonyl (C=O) groups excluding carboxylic acids is 1. The van der Waals surface area contributed by atoms with Gasteiger partial charge >= 0.3 is 0 Å². The fourth-order valence-corrected chi connectivity index (χ4v) is 4.97. The van der Waals surface area contributed by atoms with Crippen LogP contribution < -0.4 is 0 Å². The summed E-state index contributed by atoms with van der Waals surface area (Å²) in [5.74, 6) is -0.244. The Labute approximate surface area is 159 Å². The zero-order valence-corrected chi connectivity index (χ0v) is 16.4. The number of hydrogen-bond donors (Lipinski definition) is 0. The third-order valence-corrected chi connectivity index (χ3v) is 7.48. The minimum Gasteiger partial charge on any atom is -0.336 e. The summed E-state index contributed by atoms with van der Waals surface area (Å²) in [4.78, 5) is 14.6. The van der Waals surface area contributed by atoms with Crippen LogP contribution in [-0.2, 0) is 19.9 Å². The van der Waals surface area contributed by atoms with Crippen molar-refractivity contribution in [1.82, 2.24) is 9.21 Å². The Morgan fingerprint density at radius 2 is 1.33 bits per heavy atom. The predicted octanol–water partition coefficient (Wildman–Crippen LogP) is 1.24. The van der Waals surface area contributed by atoms with Crippen molar-refractivity contribution in [3.05, 3.63) is 60.2 Å². The minimum absolute atomic E-state index is 0.151. The molecule has 1 amide bonds. The third kappa shape index (κ3) is 4.20. The van der Waals surface area contributed by atoms with Crippen molar-refractivity contribution >= 4 is 25.8 Å². The summed E-state index contributed by atoms with van der Waals surface area (Å²) in [5.41, 5.74) is 0.377. The Hall–Kier alpha value is -2.23. The summed E-state index contributed by atoms with van der Waals surface area (Å²) >= 11 is 0. The molecule has 0 spiro atoms. The van der Waals surface area contributed by atoms with Crippen LogP contribution in [-0.4, -0.2) is 64.4 Å². The van der Waals surface area contributed by atoms with E-state index >= 15 is 0 Å². The Morgan fingerprint density at radius 3 is 1.85 bits per heavy atom. The zero-order valence-electron chi connectivity index (χ0n) is 14.8. The largest absolute Gasteiger partial charge is 0.336 e. The first-order valence-corrected chi connectivity index (χ1v) is 11.7. The second-order valence-corrected chi connectivity index (χ2v) is 10.3. The fourth-order valence-electron chi connectivity index (χ4n) is 2.90. The molecule has 9 heteroatoms. The molecule has 27 heavy (non-hydrogen) atoms. The summed E-state index contributed by atoms with van der Waals surface area (Å²) in [6.07, 6.45) is 1.11. The number of amides is 1. The molecule has 1 saturated heterocycles. The molecule has 3 rings (SSSR count). The van der Waals surface area contributed by atoms with E-state index in [0.29, 0.717) is 5.56 Å². The minimum atomic E-state index is -3.57. The lowest BCUT2D eigenvalue weighted by Gasteiger charge is -2.34. The molecule has 0 saturated carbocycles. The Morgan fingerprint density at radius 1 is 0.778 bits per heavy atom. The molecule has 1 aliphatic rings.